The number of esters is 1. The van der Waals surface area contributed by atoms with Gasteiger partial charge < -0.3 is 43.5 Å². The fraction of sp³-hybridized carbons (Fsp3) is 0.746. The average Bonchev–Trinajstić information content (AvgIpc) is 3.97. The summed E-state index contributed by atoms with van der Waals surface area (Å²) in [5.74, 6) is -7.93. The van der Waals surface area contributed by atoms with Gasteiger partial charge in [-0.3, -0.25) is 19.2 Å². The monoisotopic (exact) mass is 1070 g/mol. The van der Waals surface area contributed by atoms with E-state index in [1.165, 1.54) is 12.0 Å². The molecule has 76 heavy (non-hydrogen) atoms. The van der Waals surface area contributed by atoms with Crippen LogP contribution in [0.15, 0.2) is 53.8 Å². The zero-order valence-electron chi connectivity index (χ0n) is 48.9. The van der Waals surface area contributed by atoms with Crippen LogP contribution in [0.25, 0.3) is 0 Å². The molecule has 17 nitrogen and oxygen atoms in total. The highest BCUT2D eigenvalue weighted by molar-refractivity contribution is 6.39. The lowest BCUT2D eigenvalue weighted by molar-refractivity contribution is -0.265. The van der Waals surface area contributed by atoms with Gasteiger partial charge in [0.1, 0.15) is 35.8 Å². The van der Waals surface area contributed by atoms with E-state index in [4.69, 9.17) is 28.4 Å². The van der Waals surface area contributed by atoms with Crippen molar-refractivity contribution in [1.29, 1.82) is 0 Å². The molecule has 1 saturated carbocycles. The van der Waals surface area contributed by atoms with Crippen molar-refractivity contribution in [1.82, 2.24) is 20.3 Å². The molecule has 5 rings (SSSR count). The summed E-state index contributed by atoms with van der Waals surface area (Å²) in [6, 6.07) is -1.14. The van der Waals surface area contributed by atoms with Crippen molar-refractivity contribution in [2.75, 3.05) is 27.9 Å². The standard InChI is InChI=1S/C53H80N4O13.3C2H6/c1-32-17-13-11-10-12-14-18-33(2)47(59)49(67-9)48(60)36(5)25-34(3)42(58)29-45(35(4)26-38-21-23-43(46(27-38)66-8)68-31-39-30-54-56-55-39)69-52(63)41-19-15-16-24-57(41)51(62)50(61)53(64)37(6)20-22-40(70-53)28-44(32)65-7;3*1-2/h10-13,17,25,30,33-35,37-38,40-41,43-46,48-49,60,64H,14-16,18-24,26-29,31H2,1-9H3,(H,54,55,56);3*1-2H3/b12-10+,13-11+,32-17+,36-25+;;;/t33-,34-,35?,37?,38?,40?,41+,43-,44+,45+,46?,48-,49?,53?;;;/m1.../s1. The third-order valence-electron chi connectivity index (χ3n) is 15.1. The summed E-state index contributed by atoms with van der Waals surface area (Å²) in [7, 11) is 4.61. The summed E-state index contributed by atoms with van der Waals surface area (Å²) in [6.45, 7) is 23.1. The second-order valence-corrected chi connectivity index (χ2v) is 20.2. The Kier molecular flexibility index (Phi) is 31.5. The number of fused-ring (bicyclic) bond motifs is 3. The number of rotatable bonds is 9. The number of methoxy groups -OCH3 is 3. The van der Waals surface area contributed by atoms with E-state index in [9.17, 15) is 34.2 Å². The number of hydrogen-bond acceptors (Lipinski definition) is 15. The number of H-pyrrole nitrogens is 1. The number of aromatic nitrogens is 3. The first-order valence-corrected chi connectivity index (χ1v) is 28.4. The molecule has 2 saturated heterocycles. The lowest BCUT2D eigenvalue weighted by atomic mass is 9.78. The largest absolute Gasteiger partial charge is 0.460 e. The average molecular weight is 1070 g/mol. The van der Waals surface area contributed by atoms with Crippen molar-refractivity contribution in [3.8, 4) is 0 Å². The van der Waals surface area contributed by atoms with Crippen LogP contribution in [-0.2, 0) is 59.0 Å². The SMILES string of the molecule is CC.CC.CC.COC1C(=O)[C@H](C)CC/C=C/C=C/C=C(\C)[C@@H](OC)CC2CCC(C)C(O)(O2)C(=O)C(=O)N2CCCC[C@H]2C(=O)O[C@H](C(C)CC2CC[C@@H](OCc3cn[nH]n3)C(OC)C2)CC(=O)[C@H](C)/C=C(\C)[C@H]1O. The molecule has 7 unspecified atom stereocenters. The molecule has 3 aliphatic heterocycles. The highest BCUT2D eigenvalue weighted by Crippen LogP contribution is 2.38. The predicted molar refractivity (Wildman–Crippen MR) is 294 cm³/mol. The Bertz CT molecular complexity index is 2020. The molecule has 0 spiro atoms. The van der Waals surface area contributed by atoms with Crippen molar-refractivity contribution in [3.63, 3.8) is 0 Å². The number of allylic oxidation sites excluding steroid dienone is 6. The van der Waals surface area contributed by atoms with Gasteiger partial charge in [0.2, 0.25) is 5.79 Å². The number of aliphatic hydroxyl groups is 2. The molecule has 14 atom stereocenters. The summed E-state index contributed by atoms with van der Waals surface area (Å²) in [5, 5.41) is 34.0. The summed E-state index contributed by atoms with van der Waals surface area (Å²) in [4.78, 5) is 72.2. The number of nitrogens with zero attached hydrogens (tertiary/aromatic N) is 3. The zero-order valence-corrected chi connectivity index (χ0v) is 48.9. The van der Waals surface area contributed by atoms with Crippen molar-refractivity contribution < 1.29 is 62.6 Å². The van der Waals surface area contributed by atoms with Gasteiger partial charge in [0.05, 0.1) is 37.2 Å². The lowest BCUT2D eigenvalue weighted by Gasteiger charge is -2.42. The zero-order chi connectivity index (χ0) is 57.1. The van der Waals surface area contributed by atoms with Crippen LogP contribution in [0.4, 0.5) is 0 Å². The minimum absolute atomic E-state index is 0.0867. The Morgan fingerprint density at radius 1 is 0.842 bits per heavy atom. The molecule has 4 heterocycles. The van der Waals surface area contributed by atoms with E-state index >= 15 is 0 Å². The summed E-state index contributed by atoms with van der Waals surface area (Å²) >= 11 is 0. The fourth-order valence-corrected chi connectivity index (χ4v) is 10.4. The van der Waals surface area contributed by atoms with Crippen LogP contribution in [0.5, 0.6) is 0 Å². The first-order valence-electron chi connectivity index (χ1n) is 28.4. The number of aromatic amines is 1. The maximum Gasteiger partial charge on any atom is 0.329 e. The highest BCUT2D eigenvalue weighted by atomic mass is 16.6. The normalized spacial score (nSPS) is 34.6. The molecule has 4 aliphatic rings. The van der Waals surface area contributed by atoms with E-state index in [0.29, 0.717) is 75.5 Å². The number of ketones is 3. The molecule has 0 aromatic carbocycles. The number of hydrogen-bond donors (Lipinski definition) is 3. The Morgan fingerprint density at radius 2 is 1.55 bits per heavy atom. The Labute approximate surface area is 455 Å². The third kappa shape index (κ3) is 19.6. The van der Waals surface area contributed by atoms with Gasteiger partial charge in [-0.25, -0.2) is 4.79 Å². The number of carbonyl (C=O) groups excluding carboxylic acids is 5. The Morgan fingerprint density at radius 3 is 2.20 bits per heavy atom. The maximum atomic E-state index is 14.5. The number of piperidine rings is 1. The summed E-state index contributed by atoms with van der Waals surface area (Å²) < 4.78 is 36.0. The second kappa shape index (κ2) is 35.3. The van der Waals surface area contributed by atoms with Crippen molar-refractivity contribution in [3.05, 3.63) is 59.5 Å². The fourth-order valence-electron chi connectivity index (χ4n) is 10.4. The van der Waals surface area contributed by atoms with E-state index < -0.39 is 77.8 Å². The summed E-state index contributed by atoms with van der Waals surface area (Å²) in [5.41, 5.74) is 1.95. The van der Waals surface area contributed by atoms with Gasteiger partial charge in [-0.2, -0.15) is 15.4 Å². The van der Waals surface area contributed by atoms with Gasteiger partial charge >= 0.3 is 5.97 Å². The van der Waals surface area contributed by atoms with E-state index in [0.717, 1.165) is 12.0 Å². The van der Waals surface area contributed by atoms with Crippen LogP contribution in [-0.4, -0.2) is 142 Å². The third-order valence-corrected chi connectivity index (χ3v) is 15.1. The number of amides is 1. The van der Waals surface area contributed by atoms with Gasteiger partial charge in [-0.05, 0) is 107 Å². The topological polar surface area (TPSA) is 226 Å². The molecule has 1 aromatic rings. The number of ether oxygens (including phenoxy) is 6. The van der Waals surface area contributed by atoms with Crippen molar-refractivity contribution >= 4 is 29.2 Å². The molecule has 17 heteroatoms. The smallest absolute Gasteiger partial charge is 0.329 e. The molecule has 2 bridgehead atoms. The second-order valence-electron chi connectivity index (χ2n) is 20.2. The van der Waals surface area contributed by atoms with Gasteiger partial charge in [0.15, 0.2) is 5.78 Å². The highest BCUT2D eigenvalue weighted by Gasteiger charge is 2.53. The Balaban J connectivity index is 0.00000318. The van der Waals surface area contributed by atoms with Crippen LogP contribution in [0.2, 0.25) is 0 Å². The molecular formula is C59H98N4O13. The van der Waals surface area contributed by atoms with Crippen LogP contribution in [0, 0.1) is 29.6 Å². The first kappa shape index (κ1) is 67.9. The number of Topliss-reactive ketones (excluding diaryl/α,β-unsaturated/α-hetero) is 3. The minimum atomic E-state index is -2.43. The number of cyclic esters (lactones) is 1. The summed E-state index contributed by atoms with van der Waals surface area (Å²) in [6.07, 6.45) is 14.2. The molecule has 1 aromatic heterocycles. The molecular weight excluding hydrogens is 973 g/mol. The van der Waals surface area contributed by atoms with Gasteiger partial charge in [-0.15, -0.1) is 0 Å². The molecule has 0 radical (unpaired) electrons. The van der Waals surface area contributed by atoms with E-state index in [1.807, 2.05) is 92.7 Å². The molecule has 3 N–H and O–H groups in total. The Hall–Kier alpha value is -4.23. The van der Waals surface area contributed by atoms with Crippen molar-refractivity contribution in [2.45, 2.75) is 228 Å². The van der Waals surface area contributed by atoms with E-state index in [-0.39, 0.29) is 61.6 Å². The van der Waals surface area contributed by atoms with Gasteiger partial charge in [0.25, 0.3) is 11.7 Å². The molecule has 1 aliphatic carbocycles. The van der Waals surface area contributed by atoms with E-state index in [1.54, 1.807) is 47.3 Å². The molecule has 1 amide bonds. The lowest BCUT2D eigenvalue weighted by Crippen LogP contribution is -2.61. The maximum absolute atomic E-state index is 14.5. The predicted octanol–water partition coefficient (Wildman–Crippen LogP) is 9.36. The van der Waals surface area contributed by atoms with E-state index in [2.05, 4.69) is 15.4 Å². The minimum Gasteiger partial charge on any atom is -0.460 e. The van der Waals surface area contributed by atoms with Crippen LogP contribution < -0.4 is 0 Å². The quantitative estimate of drug-likeness (QED) is 0.119. The van der Waals surface area contributed by atoms with Crippen LogP contribution in [0.1, 0.15) is 172 Å². The number of carbonyl (C=O) groups is 5. The number of nitrogens with one attached hydrogen (secondary N) is 1. The molecule has 3 fully saturated rings. The van der Waals surface area contributed by atoms with Crippen LogP contribution in [0.3, 0.4) is 0 Å². The van der Waals surface area contributed by atoms with Crippen LogP contribution >= 0.6 is 0 Å². The van der Waals surface area contributed by atoms with Crippen molar-refractivity contribution in [2.24, 2.45) is 29.6 Å². The first-order chi connectivity index (χ1) is 36.4. The van der Waals surface area contributed by atoms with Gasteiger partial charge in [-0.1, -0.05) is 106 Å². The van der Waals surface area contributed by atoms with Gasteiger partial charge in [0, 0.05) is 58.5 Å². The molecule has 432 valence electrons. The number of aliphatic hydroxyl groups excluding tert-OH is 1.